The Kier molecular flexibility index (Phi) is 33.5. The molecule has 0 heterocycles. The van der Waals surface area contributed by atoms with E-state index in [1.54, 1.807) is 0 Å². The molecule has 0 spiro atoms. The van der Waals surface area contributed by atoms with Crippen LogP contribution in [0, 0.1) is 0 Å². The molecule has 3 N–H and O–H groups in total. The lowest BCUT2D eigenvalue weighted by Gasteiger charge is -2.33. The standard InChI is InChI=1S/C32H70NO6Si.ClH/c1-4-5-6-7-8-9-10-11-12-13-14-15-16-17-18-19-24-33(2,3)25-20-32-40(37-29-21-26-34,38-30-22-27-35)39-31-23-28-36;/h34-36H,4-32H2,1-3H3;1H/q+1;/p-1. The number of unbranched alkanes of at least 4 members (excludes halogenated alkanes) is 15. The van der Waals surface area contributed by atoms with E-state index in [1.165, 1.54) is 109 Å². The minimum atomic E-state index is -2.93. The van der Waals surface area contributed by atoms with Gasteiger partial charge in [-0.05, 0) is 32.1 Å². The van der Waals surface area contributed by atoms with Crippen molar-refractivity contribution in [3.63, 3.8) is 0 Å². The highest BCUT2D eigenvalue weighted by molar-refractivity contribution is 6.60. The third-order valence-corrected chi connectivity index (χ3v) is 10.6. The fourth-order valence-electron chi connectivity index (χ4n) is 5.14. The molecule has 0 saturated carbocycles. The van der Waals surface area contributed by atoms with Crippen LogP contribution in [0.4, 0.5) is 0 Å². The van der Waals surface area contributed by atoms with Gasteiger partial charge in [0.1, 0.15) is 0 Å². The highest BCUT2D eigenvalue weighted by atomic mass is 35.5. The molecule has 0 radical (unpaired) electrons. The van der Waals surface area contributed by atoms with Crippen LogP contribution in [-0.4, -0.2) is 95.4 Å². The van der Waals surface area contributed by atoms with Crippen LogP contribution >= 0.6 is 0 Å². The largest absolute Gasteiger partial charge is 1.00 e. The Labute approximate surface area is 262 Å². The van der Waals surface area contributed by atoms with Crippen LogP contribution in [-0.2, 0) is 13.3 Å². The Hall–Kier alpha value is 0.227. The van der Waals surface area contributed by atoms with Crippen LogP contribution in [0.5, 0.6) is 0 Å². The van der Waals surface area contributed by atoms with Crippen molar-refractivity contribution in [2.45, 2.75) is 141 Å². The molecule has 250 valence electrons. The minimum absolute atomic E-state index is 0. The quantitative estimate of drug-likeness (QED) is 0.0582. The summed E-state index contributed by atoms with van der Waals surface area (Å²) in [5.41, 5.74) is 0. The van der Waals surface area contributed by atoms with Gasteiger partial charge in [-0.2, -0.15) is 0 Å². The molecule has 0 aromatic heterocycles. The number of nitrogens with zero attached hydrogens (tertiary/aromatic N) is 1. The number of rotatable bonds is 33. The van der Waals surface area contributed by atoms with Crippen LogP contribution in [0.3, 0.4) is 0 Å². The van der Waals surface area contributed by atoms with E-state index >= 15 is 0 Å². The van der Waals surface area contributed by atoms with Crippen molar-refractivity contribution in [1.82, 2.24) is 0 Å². The lowest BCUT2D eigenvalue weighted by Crippen LogP contribution is -3.00. The maximum atomic E-state index is 9.20. The third kappa shape index (κ3) is 28.7. The molecule has 0 amide bonds. The van der Waals surface area contributed by atoms with Gasteiger partial charge in [0, 0.05) is 52.1 Å². The van der Waals surface area contributed by atoms with Crippen molar-refractivity contribution in [2.75, 3.05) is 66.8 Å². The molecule has 0 aromatic rings. The normalized spacial score (nSPS) is 12.1. The number of quaternary nitrogens is 1. The van der Waals surface area contributed by atoms with Gasteiger partial charge in [0.05, 0.1) is 27.2 Å². The van der Waals surface area contributed by atoms with E-state index in [2.05, 4.69) is 21.0 Å². The number of halogens is 1. The van der Waals surface area contributed by atoms with E-state index in [0.29, 0.717) is 39.1 Å². The summed E-state index contributed by atoms with van der Waals surface area (Å²) < 4.78 is 19.4. The van der Waals surface area contributed by atoms with Crippen molar-refractivity contribution in [2.24, 2.45) is 0 Å². The third-order valence-electron chi connectivity index (χ3n) is 7.74. The average molecular weight is 628 g/mol. The first-order valence-corrected chi connectivity index (χ1v) is 18.9. The highest BCUT2D eigenvalue weighted by Gasteiger charge is 2.41. The van der Waals surface area contributed by atoms with Gasteiger partial charge >= 0.3 is 8.80 Å². The molecule has 0 bridgehead atoms. The molecule has 7 nitrogen and oxygen atoms in total. The topological polar surface area (TPSA) is 88.4 Å². The molecule has 0 fully saturated rings. The first-order valence-electron chi connectivity index (χ1n) is 17.0. The molecule has 0 unspecified atom stereocenters. The summed E-state index contributed by atoms with van der Waals surface area (Å²) in [7, 11) is 1.68. The smallest absolute Gasteiger partial charge is 0.501 e. The van der Waals surface area contributed by atoms with E-state index in [-0.39, 0.29) is 32.2 Å². The fourth-order valence-corrected chi connectivity index (χ4v) is 7.78. The lowest BCUT2D eigenvalue weighted by molar-refractivity contribution is -0.890. The monoisotopic (exact) mass is 627 g/mol. The predicted octanol–water partition coefficient (Wildman–Crippen LogP) is 3.85. The fraction of sp³-hybridized carbons (Fsp3) is 1.00. The van der Waals surface area contributed by atoms with Crippen LogP contribution in [0.15, 0.2) is 0 Å². The molecular formula is C32H70ClNO6Si. The van der Waals surface area contributed by atoms with Gasteiger partial charge in [-0.15, -0.1) is 0 Å². The molecule has 0 rings (SSSR count). The first-order chi connectivity index (χ1) is 19.4. The highest BCUT2D eigenvalue weighted by Crippen LogP contribution is 2.21. The summed E-state index contributed by atoms with van der Waals surface area (Å²) in [5.74, 6) is 0. The zero-order valence-electron chi connectivity index (χ0n) is 27.4. The van der Waals surface area contributed by atoms with E-state index in [4.69, 9.17) is 13.3 Å². The van der Waals surface area contributed by atoms with Crippen LogP contribution in [0.1, 0.15) is 135 Å². The molecule has 0 saturated heterocycles. The van der Waals surface area contributed by atoms with Crippen molar-refractivity contribution in [3.8, 4) is 0 Å². The Morgan fingerprint density at radius 3 is 1.12 bits per heavy atom. The Balaban J connectivity index is 0. The second-order valence-corrected chi connectivity index (χ2v) is 15.0. The molecule has 0 aliphatic carbocycles. The maximum Gasteiger partial charge on any atom is 0.501 e. The Morgan fingerprint density at radius 2 is 0.780 bits per heavy atom. The molecule has 9 heteroatoms. The van der Waals surface area contributed by atoms with Crippen LogP contribution < -0.4 is 12.4 Å². The zero-order chi connectivity index (χ0) is 29.6. The van der Waals surface area contributed by atoms with Crippen LogP contribution in [0.2, 0.25) is 6.04 Å². The second-order valence-electron chi connectivity index (χ2n) is 12.2. The summed E-state index contributed by atoms with van der Waals surface area (Å²) in [6.45, 7) is 5.91. The Bertz CT molecular complexity index is 492. The van der Waals surface area contributed by atoms with Crippen LogP contribution in [0.25, 0.3) is 0 Å². The van der Waals surface area contributed by atoms with Gasteiger partial charge in [-0.1, -0.05) is 96.8 Å². The van der Waals surface area contributed by atoms with Gasteiger partial charge in [0.15, 0.2) is 0 Å². The Morgan fingerprint density at radius 1 is 0.463 bits per heavy atom. The summed E-state index contributed by atoms with van der Waals surface area (Å²) in [6.07, 6.45) is 24.9. The van der Waals surface area contributed by atoms with Gasteiger partial charge in [-0.25, -0.2) is 0 Å². The summed E-state index contributed by atoms with van der Waals surface area (Å²) >= 11 is 0. The van der Waals surface area contributed by atoms with Gasteiger partial charge in [0.25, 0.3) is 0 Å². The van der Waals surface area contributed by atoms with E-state index in [9.17, 15) is 15.3 Å². The molecule has 0 atom stereocenters. The van der Waals surface area contributed by atoms with E-state index < -0.39 is 8.80 Å². The van der Waals surface area contributed by atoms with Crippen molar-refractivity contribution in [1.29, 1.82) is 0 Å². The SMILES string of the molecule is CCCCCCCCCCCCCCCCCC[N+](C)(C)CCC[Si](OCCCO)(OCCCO)OCCCO.[Cl-]. The number of aliphatic hydroxyl groups excluding tert-OH is 3. The zero-order valence-corrected chi connectivity index (χ0v) is 29.2. The molecule has 0 aliphatic rings. The average Bonchev–Trinajstić information content (AvgIpc) is 2.93. The van der Waals surface area contributed by atoms with Crippen molar-refractivity contribution >= 4 is 8.80 Å². The number of aliphatic hydroxyl groups is 3. The molecule has 0 aliphatic heterocycles. The first kappa shape index (κ1) is 43.4. The van der Waals surface area contributed by atoms with Gasteiger partial charge in [0.2, 0.25) is 0 Å². The summed E-state index contributed by atoms with van der Waals surface area (Å²) in [4.78, 5) is 0. The predicted molar refractivity (Wildman–Crippen MR) is 170 cm³/mol. The lowest BCUT2D eigenvalue weighted by atomic mass is 10.0. The minimum Gasteiger partial charge on any atom is -1.00 e. The van der Waals surface area contributed by atoms with E-state index in [0.717, 1.165) is 23.5 Å². The number of hydrogen-bond donors (Lipinski definition) is 3. The summed E-state index contributed by atoms with van der Waals surface area (Å²) in [5, 5.41) is 27.6. The second kappa shape index (κ2) is 31.6. The molecular weight excluding hydrogens is 558 g/mol. The van der Waals surface area contributed by atoms with Gasteiger partial charge in [-0.3, -0.25) is 0 Å². The van der Waals surface area contributed by atoms with Crippen molar-refractivity contribution < 1.29 is 45.5 Å². The van der Waals surface area contributed by atoms with Crippen molar-refractivity contribution in [3.05, 3.63) is 0 Å². The molecule has 0 aromatic carbocycles. The van der Waals surface area contributed by atoms with Gasteiger partial charge < -0.3 is 45.5 Å². The summed E-state index contributed by atoms with van der Waals surface area (Å²) in [6, 6.07) is 0.718. The maximum absolute atomic E-state index is 9.20. The number of hydrogen-bond acceptors (Lipinski definition) is 6. The van der Waals surface area contributed by atoms with E-state index in [1.807, 2.05) is 0 Å². The molecule has 41 heavy (non-hydrogen) atoms.